The lowest BCUT2D eigenvalue weighted by atomic mass is 9.93. The summed E-state index contributed by atoms with van der Waals surface area (Å²) in [4.78, 5) is 6.46. The van der Waals surface area contributed by atoms with Crippen molar-refractivity contribution in [2.24, 2.45) is 11.1 Å². The third-order valence-electron chi connectivity index (χ3n) is 3.03. The molecule has 0 radical (unpaired) electrons. The first-order chi connectivity index (χ1) is 8.88. The molecule has 0 fully saturated rings. The molecule has 0 spiro atoms. The van der Waals surface area contributed by atoms with Crippen molar-refractivity contribution in [1.29, 1.82) is 0 Å². The number of hydrogen-bond acceptors (Lipinski definition) is 3. The van der Waals surface area contributed by atoms with Crippen LogP contribution in [0.4, 0.5) is 0 Å². The summed E-state index contributed by atoms with van der Waals surface area (Å²) < 4.78 is 0. The summed E-state index contributed by atoms with van der Waals surface area (Å²) in [6, 6.07) is 1.69. The van der Waals surface area contributed by atoms with Gasteiger partial charge in [0, 0.05) is 29.9 Å². The van der Waals surface area contributed by atoms with Gasteiger partial charge < -0.3 is 5.73 Å². The molecule has 0 amide bonds. The molecule has 0 atom stereocenters. The van der Waals surface area contributed by atoms with Crippen LogP contribution in [0.15, 0.2) is 12.3 Å². The fourth-order valence-electron chi connectivity index (χ4n) is 1.99. The molecule has 108 valence electrons. The Kier molecular flexibility index (Phi) is 6.54. The minimum Gasteiger partial charge on any atom is -0.330 e. The maximum atomic E-state index is 6.20. The molecule has 0 aliphatic rings. The second-order valence-electron chi connectivity index (χ2n) is 5.68. The van der Waals surface area contributed by atoms with Gasteiger partial charge in [-0.05, 0) is 31.0 Å². The van der Waals surface area contributed by atoms with Gasteiger partial charge in [0.1, 0.15) is 5.15 Å². The second kappa shape index (κ2) is 7.44. The van der Waals surface area contributed by atoms with Gasteiger partial charge in [0.05, 0.1) is 0 Å². The standard InChI is InChI=1S/C14H23Cl2N3/c1-4-5-19(10-14(2,3)9-17)8-11-7-18-13(16)6-12(11)15/h6-7H,4-5,8-10,17H2,1-3H3. The molecule has 5 heteroatoms. The Labute approximate surface area is 126 Å². The molecule has 2 N–H and O–H groups in total. The number of nitrogens with zero attached hydrogens (tertiary/aromatic N) is 2. The van der Waals surface area contributed by atoms with Gasteiger partial charge in [0.15, 0.2) is 0 Å². The predicted octanol–water partition coefficient (Wildman–Crippen LogP) is 3.59. The van der Waals surface area contributed by atoms with E-state index in [2.05, 4.69) is 30.7 Å². The number of halogens is 2. The van der Waals surface area contributed by atoms with Gasteiger partial charge in [-0.3, -0.25) is 4.90 Å². The molecular weight excluding hydrogens is 281 g/mol. The molecule has 1 heterocycles. The topological polar surface area (TPSA) is 42.2 Å². The van der Waals surface area contributed by atoms with Crippen molar-refractivity contribution in [2.75, 3.05) is 19.6 Å². The van der Waals surface area contributed by atoms with Crippen LogP contribution in [-0.2, 0) is 6.54 Å². The van der Waals surface area contributed by atoms with Crippen LogP contribution in [0.1, 0.15) is 32.8 Å². The van der Waals surface area contributed by atoms with E-state index in [0.717, 1.165) is 31.6 Å². The Bertz CT molecular complexity index is 408. The van der Waals surface area contributed by atoms with Gasteiger partial charge in [0.25, 0.3) is 0 Å². The van der Waals surface area contributed by atoms with E-state index in [1.165, 1.54) is 0 Å². The Morgan fingerprint density at radius 2 is 2.05 bits per heavy atom. The van der Waals surface area contributed by atoms with E-state index in [4.69, 9.17) is 28.9 Å². The number of hydrogen-bond donors (Lipinski definition) is 1. The van der Waals surface area contributed by atoms with Crippen LogP contribution in [0.2, 0.25) is 10.2 Å². The van der Waals surface area contributed by atoms with E-state index in [9.17, 15) is 0 Å². The van der Waals surface area contributed by atoms with Crippen molar-refractivity contribution in [3.05, 3.63) is 28.0 Å². The molecule has 0 aliphatic carbocycles. The summed E-state index contributed by atoms with van der Waals surface area (Å²) in [5.74, 6) is 0. The highest BCUT2D eigenvalue weighted by molar-refractivity contribution is 6.34. The molecule has 0 bridgehead atoms. The first-order valence-electron chi connectivity index (χ1n) is 6.60. The van der Waals surface area contributed by atoms with E-state index >= 15 is 0 Å². The average Bonchev–Trinajstić information content (AvgIpc) is 2.32. The van der Waals surface area contributed by atoms with Crippen molar-refractivity contribution in [2.45, 2.75) is 33.7 Å². The van der Waals surface area contributed by atoms with Gasteiger partial charge in [-0.25, -0.2) is 4.98 Å². The van der Waals surface area contributed by atoms with E-state index < -0.39 is 0 Å². The third-order valence-corrected chi connectivity index (χ3v) is 3.59. The lowest BCUT2D eigenvalue weighted by molar-refractivity contribution is 0.176. The number of aromatic nitrogens is 1. The monoisotopic (exact) mass is 303 g/mol. The fourth-order valence-corrected chi connectivity index (χ4v) is 2.42. The van der Waals surface area contributed by atoms with Crippen molar-refractivity contribution in [3.8, 4) is 0 Å². The average molecular weight is 304 g/mol. The van der Waals surface area contributed by atoms with E-state index in [-0.39, 0.29) is 5.41 Å². The number of pyridine rings is 1. The molecule has 0 aliphatic heterocycles. The summed E-state index contributed by atoms with van der Waals surface area (Å²) in [5.41, 5.74) is 6.92. The van der Waals surface area contributed by atoms with Gasteiger partial charge in [-0.2, -0.15) is 0 Å². The smallest absolute Gasteiger partial charge is 0.130 e. The molecule has 19 heavy (non-hydrogen) atoms. The Hall–Kier alpha value is -0.350. The number of rotatable bonds is 7. The third kappa shape index (κ3) is 5.65. The first kappa shape index (κ1) is 16.7. The molecule has 3 nitrogen and oxygen atoms in total. The van der Waals surface area contributed by atoms with E-state index in [0.29, 0.717) is 16.7 Å². The van der Waals surface area contributed by atoms with Crippen LogP contribution in [-0.4, -0.2) is 29.5 Å². The van der Waals surface area contributed by atoms with Crippen LogP contribution in [0, 0.1) is 5.41 Å². The quantitative estimate of drug-likeness (QED) is 0.783. The van der Waals surface area contributed by atoms with Crippen LogP contribution in [0.25, 0.3) is 0 Å². The van der Waals surface area contributed by atoms with Crippen LogP contribution < -0.4 is 5.73 Å². The van der Waals surface area contributed by atoms with Crippen molar-refractivity contribution in [1.82, 2.24) is 9.88 Å². The van der Waals surface area contributed by atoms with Crippen LogP contribution in [0.5, 0.6) is 0 Å². The largest absolute Gasteiger partial charge is 0.330 e. The SMILES string of the molecule is CCCN(Cc1cnc(Cl)cc1Cl)CC(C)(C)CN. The zero-order valence-electron chi connectivity index (χ0n) is 11.9. The zero-order chi connectivity index (χ0) is 14.5. The predicted molar refractivity (Wildman–Crippen MR) is 82.7 cm³/mol. The molecule has 0 saturated carbocycles. The highest BCUT2D eigenvalue weighted by atomic mass is 35.5. The molecule has 1 aromatic heterocycles. The van der Waals surface area contributed by atoms with Gasteiger partial charge >= 0.3 is 0 Å². The first-order valence-corrected chi connectivity index (χ1v) is 7.36. The zero-order valence-corrected chi connectivity index (χ0v) is 13.4. The fraction of sp³-hybridized carbons (Fsp3) is 0.643. The van der Waals surface area contributed by atoms with Crippen molar-refractivity contribution >= 4 is 23.2 Å². The lowest BCUT2D eigenvalue weighted by Crippen LogP contribution is -2.38. The van der Waals surface area contributed by atoms with Crippen LogP contribution >= 0.6 is 23.2 Å². The highest BCUT2D eigenvalue weighted by Gasteiger charge is 2.20. The molecule has 0 unspecified atom stereocenters. The molecule has 1 rings (SSSR count). The van der Waals surface area contributed by atoms with Gasteiger partial charge in [0.2, 0.25) is 0 Å². The maximum Gasteiger partial charge on any atom is 0.130 e. The maximum absolute atomic E-state index is 6.20. The summed E-state index contributed by atoms with van der Waals surface area (Å²) >= 11 is 12.0. The molecular formula is C14H23Cl2N3. The number of nitrogens with two attached hydrogens (primary N) is 1. The second-order valence-corrected chi connectivity index (χ2v) is 6.47. The summed E-state index contributed by atoms with van der Waals surface area (Å²) in [5, 5.41) is 1.10. The summed E-state index contributed by atoms with van der Waals surface area (Å²) in [6.07, 6.45) is 2.85. The summed E-state index contributed by atoms with van der Waals surface area (Å²) in [7, 11) is 0. The minimum atomic E-state index is 0.0987. The Morgan fingerprint density at radius 3 is 2.58 bits per heavy atom. The Morgan fingerprint density at radius 1 is 1.37 bits per heavy atom. The van der Waals surface area contributed by atoms with E-state index in [1.54, 1.807) is 12.3 Å². The molecule has 1 aromatic rings. The Balaban J connectivity index is 2.77. The van der Waals surface area contributed by atoms with Crippen molar-refractivity contribution in [3.63, 3.8) is 0 Å². The molecule has 0 saturated heterocycles. The summed E-state index contributed by atoms with van der Waals surface area (Å²) in [6.45, 7) is 9.93. The minimum absolute atomic E-state index is 0.0987. The van der Waals surface area contributed by atoms with Gasteiger partial charge in [-0.15, -0.1) is 0 Å². The van der Waals surface area contributed by atoms with Crippen molar-refractivity contribution < 1.29 is 0 Å². The normalized spacial score (nSPS) is 12.2. The van der Waals surface area contributed by atoms with Gasteiger partial charge in [-0.1, -0.05) is 44.0 Å². The highest BCUT2D eigenvalue weighted by Crippen LogP contribution is 2.22. The lowest BCUT2D eigenvalue weighted by Gasteiger charge is -2.31. The van der Waals surface area contributed by atoms with Crippen LogP contribution in [0.3, 0.4) is 0 Å². The molecule has 0 aromatic carbocycles. The van der Waals surface area contributed by atoms with E-state index in [1.807, 2.05) is 0 Å².